The molecule has 22 heavy (non-hydrogen) atoms. The van der Waals surface area contributed by atoms with Gasteiger partial charge >= 0.3 is 0 Å². The Morgan fingerprint density at radius 1 is 1.55 bits per heavy atom. The van der Waals surface area contributed by atoms with Gasteiger partial charge in [-0.15, -0.1) is 0 Å². The van der Waals surface area contributed by atoms with Gasteiger partial charge in [-0.05, 0) is 50.3 Å². The number of pyridine rings is 1. The van der Waals surface area contributed by atoms with Crippen LogP contribution in [0.3, 0.4) is 0 Å². The Bertz CT molecular complexity index is 466. The van der Waals surface area contributed by atoms with Crippen LogP contribution in [0.15, 0.2) is 24.5 Å². The van der Waals surface area contributed by atoms with Gasteiger partial charge in [0.05, 0.1) is 12.0 Å². The number of primary amides is 1. The predicted octanol–water partition coefficient (Wildman–Crippen LogP) is 1.62. The largest absolute Gasteiger partial charge is 0.383 e. The number of hydrogen-bond donors (Lipinski definition) is 1. The van der Waals surface area contributed by atoms with Crippen LogP contribution >= 0.6 is 0 Å². The van der Waals surface area contributed by atoms with E-state index >= 15 is 0 Å². The molecule has 1 aliphatic rings. The highest BCUT2D eigenvalue weighted by molar-refractivity contribution is 5.81. The maximum atomic E-state index is 12.1. The lowest BCUT2D eigenvalue weighted by atomic mass is 9.75. The molecule has 0 radical (unpaired) electrons. The molecule has 0 aromatic carbocycles. The average molecular weight is 305 g/mol. The lowest BCUT2D eigenvalue weighted by molar-refractivity contribution is -0.131. The fourth-order valence-electron chi connectivity index (χ4n) is 3.34. The molecule has 0 unspecified atom stereocenters. The van der Waals surface area contributed by atoms with Gasteiger partial charge in [0.1, 0.15) is 0 Å². The van der Waals surface area contributed by atoms with Crippen LogP contribution in [0, 0.1) is 5.41 Å². The topological polar surface area (TPSA) is 68.4 Å². The van der Waals surface area contributed by atoms with Crippen molar-refractivity contribution in [2.45, 2.75) is 32.1 Å². The number of carbonyl (C=O) groups is 1. The first-order chi connectivity index (χ1) is 10.7. The highest BCUT2D eigenvalue weighted by Gasteiger charge is 2.39. The van der Waals surface area contributed by atoms with Gasteiger partial charge in [-0.2, -0.15) is 0 Å². The van der Waals surface area contributed by atoms with Crippen molar-refractivity contribution in [3.8, 4) is 0 Å². The third-order valence-electron chi connectivity index (χ3n) is 4.63. The van der Waals surface area contributed by atoms with Gasteiger partial charge in [0.15, 0.2) is 0 Å². The van der Waals surface area contributed by atoms with E-state index in [1.807, 2.05) is 12.3 Å². The fraction of sp³-hybridized carbons (Fsp3) is 0.647. The monoisotopic (exact) mass is 305 g/mol. The minimum atomic E-state index is -0.381. The number of ether oxygens (including phenoxy) is 1. The molecule has 0 saturated carbocycles. The van der Waals surface area contributed by atoms with Gasteiger partial charge in [0, 0.05) is 32.6 Å². The number of aromatic nitrogens is 1. The van der Waals surface area contributed by atoms with Crippen LogP contribution in [0.1, 0.15) is 31.2 Å². The number of nitrogens with two attached hydrogens (primary N) is 1. The normalized spacial score (nSPS) is 22.6. The zero-order valence-corrected chi connectivity index (χ0v) is 13.5. The number of nitrogens with zero attached hydrogens (tertiary/aromatic N) is 2. The number of likely N-dealkylation sites (tertiary alicyclic amines) is 1. The van der Waals surface area contributed by atoms with E-state index in [0.29, 0.717) is 6.61 Å². The van der Waals surface area contributed by atoms with E-state index < -0.39 is 0 Å². The first kappa shape index (κ1) is 16.9. The van der Waals surface area contributed by atoms with Gasteiger partial charge in [-0.25, -0.2) is 0 Å². The fourth-order valence-corrected chi connectivity index (χ4v) is 3.34. The molecule has 1 aromatic heterocycles. The lowest BCUT2D eigenvalue weighted by Crippen LogP contribution is -2.51. The summed E-state index contributed by atoms with van der Waals surface area (Å²) in [5, 5.41) is 0. The van der Waals surface area contributed by atoms with Gasteiger partial charge in [-0.1, -0.05) is 6.07 Å². The molecule has 1 aromatic rings. The standard InChI is InChI=1S/C17H27N3O2/c1-22-12-11-20-10-4-8-17(14-20,16(18)21)7-2-5-15-6-3-9-19-13-15/h3,6,9,13H,2,4-5,7-8,10-12,14H2,1H3,(H2,18,21)/t17-/m0/s1. The Kier molecular flexibility index (Phi) is 6.34. The zero-order chi connectivity index (χ0) is 15.8. The predicted molar refractivity (Wildman–Crippen MR) is 86.4 cm³/mol. The van der Waals surface area contributed by atoms with Crippen LogP contribution in [0.2, 0.25) is 0 Å². The number of hydrogen-bond acceptors (Lipinski definition) is 4. The highest BCUT2D eigenvalue weighted by Crippen LogP contribution is 2.34. The number of aryl methyl sites for hydroxylation is 1. The van der Waals surface area contributed by atoms with Gasteiger partial charge < -0.3 is 10.5 Å². The van der Waals surface area contributed by atoms with E-state index in [1.54, 1.807) is 13.3 Å². The summed E-state index contributed by atoms with van der Waals surface area (Å²) >= 11 is 0. The smallest absolute Gasteiger partial charge is 0.224 e. The molecular weight excluding hydrogens is 278 g/mol. The van der Waals surface area contributed by atoms with Crippen LogP contribution in [-0.4, -0.2) is 49.1 Å². The van der Waals surface area contributed by atoms with Crippen molar-refractivity contribution in [2.24, 2.45) is 11.1 Å². The Labute approximate surface area is 132 Å². The lowest BCUT2D eigenvalue weighted by Gasteiger charge is -2.40. The quantitative estimate of drug-likeness (QED) is 0.792. The molecule has 2 heterocycles. The van der Waals surface area contributed by atoms with Gasteiger partial charge in [0.2, 0.25) is 5.91 Å². The van der Waals surface area contributed by atoms with E-state index in [1.165, 1.54) is 5.56 Å². The minimum Gasteiger partial charge on any atom is -0.383 e. The van der Waals surface area contributed by atoms with E-state index in [0.717, 1.165) is 51.7 Å². The van der Waals surface area contributed by atoms with Crippen molar-refractivity contribution in [2.75, 3.05) is 33.4 Å². The summed E-state index contributed by atoms with van der Waals surface area (Å²) in [6.45, 7) is 3.36. The summed E-state index contributed by atoms with van der Waals surface area (Å²) in [4.78, 5) is 18.5. The van der Waals surface area contributed by atoms with E-state index in [9.17, 15) is 4.79 Å². The molecule has 5 nitrogen and oxygen atoms in total. The van der Waals surface area contributed by atoms with E-state index in [-0.39, 0.29) is 11.3 Å². The van der Waals surface area contributed by atoms with Gasteiger partial charge in [0.25, 0.3) is 0 Å². The molecule has 0 aliphatic carbocycles. The van der Waals surface area contributed by atoms with Crippen LogP contribution in [0.25, 0.3) is 0 Å². The first-order valence-corrected chi connectivity index (χ1v) is 8.06. The summed E-state index contributed by atoms with van der Waals surface area (Å²) in [7, 11) is 1.71. The first-order valence-electron chi connectivity index (χ1n) is 8.06. The number of amides is 1. The second-order valence-corrected chi connectivity index (χ2v) is 6.23. The number of piperidine rings is 1. The van der Waals surface area contributed by atoms with Crippen molar-refractivity contribution in [3.05, 3.63) is 30.1 Å². The Morgan fingerprint density at radius 2 is 2.41 bits per heavy atom. The Balaban J connectivity index is 1.91. The maximum absolute atomic E-state index is 12.1. The molecule has 1 aliphatic heterocycles. The molecule has 1 fully saturated rings. The second-order valence-electron chi connectivity index (χ2n) is 6.23. The summed E-state index contributed by atoms with van der Waals surface area (Å²) in [5.41, 5.74) is 6.60. The summed E-state index contributed by atoms with van der Waals surface area (Å²) in [5.74, 6) is -0.152. The molecule has 0 bridgehead atoms. The van der Waals surface area contributed by atoms with Crippen LogP contribution < -0.4 is 5.73 Å². The zero-order valence-electron chi connectivity index (χ0n) is 13.5. The summed E-state index contributed by atoms with van der Waals surface area (Å²) in [6.07, 6.45) is 8.36. The summed E-state index contributed by atoms with van der Waals surface area (Å²) < 4.78 is 5.15. The van der Waals surface area contributed by atoms with E-state index in [4.69, 9.17) is 10.5 Å². The summed E-state index contributed by atoms with van der Waals surface area (Å²) in [6, 6.07) is 4.03. The Hall–Kier alpha value is -1.46. The Morgan fingerprint density at radius 3 is 3.09 bits per heavy atom. The average Bonchev–Trinajstić information content (AvgIpc) is 2.54. The van der Waals surface area contributed by atoms with Crippen LogP contribution in [-0.2, 0) is 16.0 Å². The van der Waals surface area contributed by atoms with Crippen LogP contribution in [0.4, 0.5) is 0 Å². The van der Waals surface area contributed by atoms with E-state index in [2.05, 4.69) is 16.0 Å². The molecule has 1 saturated heterocycles. The van der Waals surface area contributed by atoms with Crippen molar-refractivity contribution in [1.29, 1.82) is 0 Å². The third kappa shape index (κ3) is 4.52. The molecule has 2 rings (SSSR count). The molecule has 5 heteroatoms. The maximum Gasteiger partial charge on any atom is 0.224 e. The molecule has 1 atom stereocenters. The highest BCUT2D eigenvalue weighted by atomic mass is 16.5. The number of methoxy groups -OCH3 is 1. The van der Waals surface area contributed by atoms with Crippen molar-refractivity contribution in [3.63, 3.8) is 0 Å². The second kappa shape index (κ2) is 8.25. The van der Waals surface area contributed by atoms with Gasteiger partial charge in [-0.3, -0.25) is 14.7 Å². The molecule has 122 valence electrons. The molecular formula is C17H27N3O2. The number of carbonyl (C=O) groups excluding carboxylic acids is 1. The SMILES string of the molecule is COCCN1CCC[C@](CCCc2cccnc2)(C(N)=O)C1. The van der Waals surface area contributed by atoms with Crippen LogP contribution in [0.5, 0.6) is 0 Å². The third-order valence-corrected chi connectivity index (χ3v) is 4.63. The molecule has 2 N–H and O–H groups in total. The van der Waals surface area contributed by atoms with Crippen molar-refractivity contribution in [1.82, 2.24) is 9.88 Å². The minimum absolute atomic E-state index is 0.152. The van der Waals surface area contributed by atoms with Crippen molar-refractivity contribution >= 4 is 5.91 Å². The molecule has 0 spiro atoms. The van der Waals surface area contributed by atoms with Crippen molar-refractivity contribution < 1.29 is 9.53 Å². The molecule has 1 amide bonds. The number of rotatable bonds is 8.